The van der Waals surface area contributed by atoms with Crippen LogP contribution in [-0.2, 0) is 12.5 Å². The van der Waals surface area contributed by atoms with E-state index in [2.05, 4.69) is 0 Å². The second-order valence-electron chi connectivity index (χ2n) is 6.73. The van der Waals surface area contributed by atoms with Crippen LogP contribution in [0.2, 0.25) is 0 Å². The fraction of sp³-hybridized carbons (Fsp3) is 0.450. The van der Waals surface area contributed by atoms with Gasteiger partial charge >= 0.3 is 6.18 Å². The number of halogens is 3. The standard InChI is InChI=1S/C20H23F3N/c1-14-6-7-17(15(2)12-14)18-13-16(8-11-24(18)3)19(20(21,22)23)9-4-5-10-19/h6-8,11-13H,4-5,9-10H2,1-3H3/q+1/i1D3. The van der Waals surface area contributed by atoms with Gasteiger partial charge in [-0.25, -0.2) is 4.57 Å². The van der Waals surface area contributed by atoms with Crippen LogP contribution >= 0.6 is 0 Å². The van der Waals surface area contributed by atoms with Crippen LogP contribution in [0.5, 0.6) is 0 Å². The number of pyridine rings is 1. The van der Waals surface area contributed by atoms with E-state index in [4.69, 9.17) is 4.11 Å². The molecule has 1 heterocycles. The summed E-state index contributed by atoms with van der Waals surface area (Å²) >= 11 is 0. The summed E-state index contributed by atoms with van der Waals surface area (Å²) in [5, 5.41) is 0. The molecule has 0 amide bonds. The van der Waals surface area contributed by atoms with E-state index in [0.29, 0.717) is 24.1 Å². The molecule has 0 unspecified atom stereocenters. The number of rotatable bonds is 2. The largest absolute Gasteiger partial charge is 0.398 e. The summed E-state index contributed by atoms with van der Waals surface area (Å²) in [4.78, 5) is 0. The van der Waals surface area contributed by atoms with E-state index >= 15 is 0 Å². The molecule has 1 fully saturated rings. The molecule has 1 aliphatic carbocycles. The highest BCUT2D eigenvalue weighted by Crippen LogP contribution is 2.52. The first-order valence-electron chi connectivity index (χ1n) is 9.64. The van der Waals surface area contributed by atoms with Crippen LogP contribution < -0.4 is 4.57 Å². The van der Waals surface area contributed by atoms with Crippen molar-refractivity contribution in [1.29, 1.82) is 0 Å². The minimum Gasteiger partial charge on any atom is -0.201 e. The van der Waals surface area contributed by atoms with E-state index in [1.54, 1.807) is 49.0 Å². The Morgan fingerprint density at radius 2 is 1.83 bits per heavy atom. The molecule has 0 N–H and O–H groups in total. The topological polar surface area (TPSA) is 3.88 Å². The third kappa shape index (κ3) is 2.72. The maximum Gasteiger partial charge on any atom is 0.398 e. The van der Waals surface area contributed by atoms with Gasteiger partial charge in [-0.15, -0.1) is 0 Å². The summed E-state index contributed by atoms with van der Waals surface area (Å²) in [5.74, 6) is 0. The molecule has 0 aliphatic heterocycles. The van der Waals surface area contributed by atoms with Crippen molar-refractivity contribution in [3.05, 3.63) is 53.2 Å². The van der Waals surface area contributed by atoms with Gasteiger partial charge in [0.05, 0.1) is 5.41 Å². The predicted molar refractivity (Wildman–Crippen MR) is 88.7 cm³/mol. The molecule has 0 bridgehead atoms. The summed E-state index contributed by atoms with van der Waals surface area (Å²) in [7, 11) is 1.78. The van der Waals surface area contributed by atoms with E-state index in [1.807, 2.05) is 0 Å². The summed E-state index contributed by atoms with van der Waals surface area (Å²) in [6.07, 6.45) is -1.26. The van der Waals surface area contributed by atoms with Gasteiger partial charge in [-0.05, 0) is 43.8 Å². The van der Waals surface area contributed by atoms with E-state index in [-0.39, 0.29) is 18.4 Å². The molecular formula is C20H23F3N+. The predicted octanol–water partition coefficient (Wildman–Crippen LogP) is 5.17. The smallest absolute Gasteiger partial charge is 0.201 e. The maximum atomic E-state index is 13.9. The first kappa shape index (κ1) is 13.5. The Morgan fingerprint density at radius 3 is 2.42 bits per heavy atom. The average Bonchev–Trinajstić information content (AvgIpc) is 3.05. The van der Waals surface area contributed by atoms with Gasteiger partial charge in [-0.3, -0.25) is 0 Å². The van der Waals surface area contributed by atoms with Gasteiger partial charge in [0.15, 0.2) is 6.20 Å². The Labute approximate surface area is 145 Å². The highest BCUT2D eigenvalue weighted by Gasteiger charge is 2.57. The number of aryl methyl sites for hydroxylation is 3. The molecule has 1 nitrogen and oxygen atoms in total. The molecule has 1 aromatic carbocycles. The van der Waals surface area contributed by atoms with Crippen molar-refractivity contribution in [2.45, 2.75) is 51.1 Å². The number of alkyl halides is 3. The first-order valence-corrected chi connectivity index (χ1v) is 8.14. The van der Waals surface area contributed by atoms with Crippen molar-refractivity contribution >= 4 is 0 Å². The Balaban J connectivity index is 2.12. The van der Waals surface area contributed by atoms with Crippen molar-refractivity contribution < 1.29 is 21.9 Å². The lowest BCUT2D eigenvalue weighted by atomic mass is 9.78. The highest BCUT2D eigenvalue weighted by molar-refractivity contribution is 5.62. The van der Waals surface area contributed by atoms with Crippen molar-refractivity contribution in [2.75, 3.05) is 0 Å². The summed E-state index contributed by atoms with van der Waals surface area (Å²) in [6.45, 7) is -0.427. The molecule has 1 saturated carbocycles. The molecule has 24 heavy (non-hydrogen) atoms. The number of benzene rings is 1. The van der Waals surface area contributed by atoms with Crippen molar-refractivity contribution in [1.82, 2.24) is 0 Å². The summed E-state index contributed by atoms with van der Waals surface area (Å²) in [6, 6.07) is 7.98. The Hall–Kier alpha value is -1.84. The molecular weight excluding hydrogens is 311 g/mol. The molecule has 2 aromatic rings. The average molecular weight is 337 g/mol. The molecule has 3 rings (SSSR count). The van der Waals surface area contributed by atoms with Gasteiger partial charge in [0, 0.05) is 21.8 Å². The zero-order chi connectivity index (χ0) is 20.0. The Bertz CT molecular complexity index is 851. The molecule has 0 saturated heterocycles. The van der Waals surface area contributed by atoms with Gasteiger partial charge < -0.3 is 0 Å². The lowest BCUT2D eigenvalue weighted by Crippen LogP contribution is -2.41. The van der Waals surface area contributed by atoms with E-state index in [0.717, 1.165) is 11.1 Å². The van der Waals surface area contributed by atoms with E-state index < -0.39 is 18.4 Å². The first-order chi connectivity index (χ1) is 12.5. The fourth-order valence-corrected chi connectivity index (χ4v) is 3.80. The third-order valence-electron chi connectivity index (χ3n) is 5.20. The Kier molecular flexibility index (Phi) is 3.31. The fourth-order valence-electron chi connectivity index (χ4n) is 3.80. The normalized spacial score (nSPS) is 19.6. The molecule has 0 spiro atoms. The number of aromatic nitrogens is 1. The van der Waals surface area contributed by atoms with Crippen molar-refractivity contribution in [2.24, 2.45) is 7.05 Å². The van der Waals surface area contributed by atoms with Crippen molar-refractivity contribution in [3.63, 3.8) is 0 Å². The second kappa shape index (κ2) is 5.91. The highest BCUT2D eigenvalue weighted by atomic mass is 19.4. The van der Waals surface area contributed by atoms with Gasteiger partial charge in [0.25, 0.3) is 0 Å². The quantitative estimate of drug-likeness (QED) is 0.666. The summed E-state index contributed by atoms with van der Waals surface area (Å²) < 4.78 is 66.2. The number of nitrogens with zero attached hydrogens (tertiary/aromatic N) is 1. The van der Waals surface area contributed by atoms with Crippen LogP contribution in [-0.4, -0.2) is 6.18 Å². The molecule has 1 aromatic heterocycles. The van der Waals surface area contributed by atoms with Crippen molar-refractivity contribution in [3.8, 4) is 11.3 Å². The third-order valence-corrected chi connectivity index (χ3v) is 5.20. The van der Waals surface area contributed by atoms with Crippen LogP contribution in [0.15, 0.2) is 36.5 Å². The van der Waals surface area contributed by atoms with Crippen LogP contribution in [0, 0.1) is 13.8 Å². The second-order valence-corrected chi connectivity index (χ2v) is 6.73. The lowest BCUT2D eigenvalue weighted by molar-refractivity contribution is -0.660. The van der Waals surface area contributed by atoms with Gasteiger partial charge in [-0.2, -0.15) is 13.2 Å². The monoisotopic (exact) mass is 337 g/mol. The van der Waals surface area contributed by atoms with Crippen LogP contribution in [0.3, 0.4) is 0 Å². The zero-order valence-electron chi connectivity index (χ0n) is 16.9. The van der Waals surface area contributed by atoms with Gasteiger partial charge in [0.1, 0.15) is 7.05 Å². The Morgan fingerprint density at radius 1 is 1.12 bits per heavy atom. The molecule has 1 aliphatic rings. The van der Waals surface area contributed by atoms with Crippen LogP contribution in [0.4, 0.5) is 13.2 Å². The molecule has 128 valence electrons. The van der Waals surface area contributed by atoms with E-state index in [9.17, 15) is 13.2 Å². The van der Waals surface area contributed by atoms with Crippen LogP contribution in [0.25, 0.3) is 11.3 Å². The number of hydrogen-bond acceptors (Lipinski definition) is 0. The summed E-state index contributed by atoms with van der Waals surface area (Å²) in [5.41, 5.74) is 0.844. The maximum absolute atomic E-state index is 13.9. The lowest BCUT2D eigenvalue weighted by Gasteiger charge is -2.32. The molecule has 0 atom stereocenters. The van der Waals surface area contributed by atoms with E-state index in [1.165, 1.54) is 6.07 Å². The number of hydrogen-bond donors (Lipinski definition) is 0. The minimum absolute atomic E-state index is 0.112. The van der Waals surface area contributed by atoms with Crippen LogP contribution in [0.1, 0.15) is 46.5 Å². The van der Waals surface area contributed by atoms with Gasteiger partial charge in [0.2, 0.25) is 5.69 Å². The SMILES string of the molecule is [2H]C([2H])([2H])c1ccc(-c2cc(C3(C(F)(F)F)CCCC3)cc[n+]2C)c(C)c1. The molecule has 0 radical (unpaired) electrons. The zero-order valence-corrected chi connectivity index (χ0v) is 13.9. The minimum atomic E-state index is -4.29. The van der Waals surface area contributed by atoms with Gasteiger partial charge in [-0.1, -0.05) is 30.5 Å². The molecule has 4 heteroatoms.